The van der Waals surface area contributed by atoms with E-state index >= 15 is 0 Å². The zero-order valence-corrected chi connectivity index (χ0v) is 14.2. The standard InChI is InChI=1S/C16H12ClFS3/c17-13-5-1-11(2-6-13)15(16-20-9-19-10-21-16)12-3-7-14(18)8-4-12/h1-8H,9-10H2. The molecule has 0 aliphatic carbocycles. The Morgan fingerprint density at radius 3 is 1.95 bits per heavy atom. The van der Waals surface area contributed by atoms with Crippen LogP contribution in [0, 0.1) is 5.82 Å². The molecule has 0 aromatic heterocycles. The second-order valence-electron chi connectivity index (χ2n) is 4.40. The molecule has 0 nitrogen and oxygen atoms in total. The lowest BCUT2D eigenvalue weighted by Crippen LogP contribution is -1.95. The summed E-state index contributed by atoms with van der Waals surface area (Å²) >= 11 is 11.6. The molecule has 0 saturated carbocycles. The van der Waals surface area contributed by atoms with E-state index in [0.29, 0.717) is 0 Å². The van der Waals surface area contributed by atoms with E-state index in [-0.39, 0.29) is 5.82 Å². The molecule has 0 radical (unpaired) electrons. The summed E-state index contributed by atoms with van der Waals surface area (Å²) in [6, 6.07) is 14.6. The van der Waals surface area contributed by atoms with Crippen LogP contribution in [0.4, 0.5) is 4.39 Å². The van der Waals surface area contributed by atoms with Gasteiger partial charge >= 0.3 is 0 Å². The SMILES string of the molecule is Fc1ccc(C(=C2SCSCS2)c2ccc(Cl)cc2)cc1. The lowest BCUT2D eigenvalue weighted by Gasteiger charge is -2.19. The minimum absolute atomic E-state index is 0.210. The number of hydrogen-bond acceptors (Lipinski definition) is 3. The molecule has 3 rings (SSSR count). The van der Waals surface area contributed by atoms with Gasteiger partial charge in [0.05, 0.1) is 4.24 Å². The molecule has 1 saturated heterocycles. The van der Waals surface area contributed by atoms with Crippen LogP contribution < -0.4 is 0 Å². The zero-order chi connectivity index (χ0) is 14.7. The number of rotatable bonds is 2. The van der Waals surface area contributed by atoms with Crippen molar-refractivity contribution in [3.05, 3.63) is 74.7 Å². The fourth-order valence-electron chi connectivity index (χ4n) is 2.05. The Labute approximate surface area is 141 Å². The summed E-state index contributed by atoms with van der Waals surface area (Å²) in [5, 5.41) is 2.84. The smallest absolute Gasteiger partial charge is 0.123 e. The molecule has 2 aromatic rings. The minimum Gasteiger partial charge on any atom is -0.207 e. The van der Waals surface area contributed by atoms with Gasteiger partial charge in [0, 0.05) is 20.8 Å². The highest BCUT2D eigenvalue weighted by molar-refractivity contribution is 8.36. The monoisotopic (exact) mass is 354 g/mol. The average Bonchev–Trinajstić information content (AvgIpc) is 2.52. The molecule has 1 aliphatic rings. The van der Waals surface area contributed by atoms with Gasteiger partial charge < -0.3 is 0 Å². The van der Waals surface area contributed by atoms with Crippen molar-refractivity contribution in [3.8, 4) is 0 Å². The molecular formula is C16H12ClFS3. The van der Waals surface area contributed by atoms with Crippen LogP contribution in [0.1, 0.15) is 11.1 Å². The second-order valence-corrected chi connectivity index (χ2v) is 8.79. The summed E-state index contributed by atoms with van der Waals surface area (Å²) in [5.41, 5.74) is 3.33. The van der Waals surface area contributed by atoms with Gasteiger partial charge in [0.15, 0.2) is 0 Å². The number of benzene rings is 2. The predicted molar refractivity (Wildman–Crippen MR) is 96.4 cm³/mol. The average molecular weight is 355 g/mol. The Morgan fingerprint density at radius 1 is 0.857 bits per heavy atom. The molecule has 1 aliphatic heterocycles. The quantitative estimate of drug-likeness (QED) is 0.619. The molecule has 108 valence electrons. The van der Waals surface area contributed by atoms with E-state index < -0.39 is 0 Å². The van der Waals surface area contributed by atoms with Crippen LogP contribution in [0.5, 0.6) is 0 Å². The summed E-state index contributed by atoms with van der Waals surface area (Å²) in [7, 11) is 0. The fourth-order valence-corrected chi connectivity index (χ4v) is 6.54. The first-order valence-corrected chi connectivity index (χ1v) is 9.84. The maximum Gasteiger partial charge on any atom is 0.123 e. The third-order valence-corrected chi connectivity index (χ3v) is 7.18. The molecule has 0 atom stereocenters. The van der Waals surface area contributed by atoms with Gasteiger partial charge in [0.25, 0.3) is 0 Å². The van der Waals surface area contributed by atoms with Gasteiger partial charge in [0.1, 0.15) is 5.82 Å². The predicted octanol–water partition coefficient (Wildman–Crippen LogP) is 6.32. The summed E-state index contributed by atoms with van der Waals surface area (Å²) in [4.78, 5) is 0. The highest BCUT2D eigenvalue weighted by Crippen LogP contribution is 2.45. The number of thioether (sulfide) groups is 3. The first kappa shape index (κ1) is 15.3. The lowest BCUT2D eigenvalue weighted by molar-refractivity contribution is 0.627. The van der Waals surface area contributed by atoms with Gasteiger partial charge in [-0.15, -0.1) is 35.3 Å². The van der Waals surface area contributed by atoms with E-state index in [2.05, 4.69) is 0 Å². The molecule has 21 heavy (non-hydrogen) atoms. The van der Waals surface area contributed by atoms with Gasteiger partial charge in [-0.3, -0.25) is 0 Å². The topological polar surface area (TPSA) is 0 Å². The van der Waals surface area contributed by atoms with E-state index in [1.807, 2.05) is 71.7 Å². The van der Waals surface area contributed by atoms with Crippen molar-refractivity contribution in [2.45, 2.75) is 0 Å². The van der Waals surface area contributed by atoms with Crippen molar-refractivity contribution < 1.29 is 4.39 Å². The summed E-state index contributed by atoms with van der Waals surface area (Å²) in [6.45, 7) is 0. The first-order valence-electron chi connectivity index (χ1n) is 6.33. The van der Waals surface area contributed by atoms with Gasteiger partial charge in [0.2, 0.25) is 0 Å². The van der Waals surface area contributed by atoms with Crippen LogP contribution in [0.25, 0.3) is 5.57 Å². The van der Waals surface area contributed by atoms with Crippen LogP contribution in [-0.2, 0) is 0 Å². The third kappa shape index (κ3) is 3.81. The van der Waals surface area contributed by atoms with Gasteiger partial charge in [-0.05, 0) is 35.4 Å². The lowest BCUT2D eigenvalue weighted by atomic mass is 9.99. The maximum absolute atomic E-state index is 13.2. The molecule has 0 unspecified atom stereocenters. The summed E-state index contributed by atoms with van der Waals surface area (Å²) in [6.07, 6.45) is 0. The van der Waals surface area contributed by atoms with Crippen molar-refractivity contribution >= 4 is 52.5 Å². The van der Waals surface area contributed by atoms with Crippen LogP contribution in [-0.4, -0.2) is 10.2 Å². The van der Waals surface area contributed by atoms with Crippen LogP contribution in [0.15, 0.2) is 52.8 Å². The fraction of sp³-hybridized carbons (Fsp3) is 0.125. The van der Waals surface area contributed by atoms with E-state index in [1.54, 1.807) is 0 Å². The number of hydrogen-bond donors (Lipinski definition) is 0. The van der Waals surface area contributed by atoms with Crippen molar-refractivity contribution in [1.29, 1.82) is 0 Å². The van der Waals surface area contributed by atoms with E-state index in [4.69, 9.17) is 11.6 Å². The Bertz CT molecular complexity index is 595. The normalized spacial score (nSPS) is 15.0. The Balaban J connectivity index is 2.10. The number of halogens is 2. The molecular weight excluding hydrogens is 343 g/mol. The van der Waals surface area contributed by atoms with Crippen molar-refractivity contribution in [1.82, 2.24) is 0 Å². The minimum atomic E-state index is -0.210. The largest absolute Gasteiger partial charge is 0.207 e. The Kier molecular flexibility index (Phi) is 5.22. The summed E-state index contributed by atoms with van der Waals surface area (Å²) in [5.74, 6) is -0.210. The molecule has 5 heteroatoms. The highest BCUT2D eigenvalue weighted by atomic mass is 35.5. The van der Waals surface area contributed by atoms with Crippen LogP contribution >= 0.6 is 46.9 Å². The molecule has 1 fully saturated rings. The molecule has 1 heterocycles. The third-order valence-electron chi connectivity index (χ3n) is 3.02. The van der Waals surface area contributed by atoms with Crippen molar-refractivity contribution in [2.24, 2.45) is 0 Å². The molecule has 0 amide bonds. The molecule has 0 bridgehead atoms. The molecule has 2 aromatic carbocycles. The molecule has 0 spiro atoms. The van der Waals surface area contributed by atoms with Crippen LogP contribution in [0.2, 0.25) is 5.02 Å². The van der Waals surface area contributed by atoms with E-state index in [0.717, 1.165) is 26.3 Å². The first-order chi connectivity index (χ1) is 10.2. The zero-order valence-electron chi connectivity index (χ0n) is 11.0. The van der Waals surface area contributed by atoms with Crippen molar-refractivity contribution in [3.63, 3.8) is 0 Å². The van der Waals surface area contributed by atoms with Crippen molar-refractivity contribution in [2.75, 3.05) is 10.2 Å². The maximum atomic E-state index is 13.2. The van der Waals surface area contributed by atoms with E-state index in [1.165, 1.54) is 21.9 Å². The van der Waals surface area contributed by atoms with Gasteiger partial charge in [-0.2, -0.15) is 0 Å². The molecule has 0 N–H and O–H groups in total. The van der Waals surface area contributed by atoms with E-state index in [9.17, 15) is 4.39 Å². The highest BCUT2D eigenvalue weighted by Gasteiger charge is 2.16. The van der Waals surface area contributed by atoms with Gasteiger partial charge in [-0.25, -0.2) is 4.39 Å². The Morgan fingerprint density at radius 2 is 1.38 bits per heavy atom. The van der Waals surface area contributed by atoms with Crippen LogP contribution in [0.3, 0.4) is 0 Å². The Hall–Kier alpha value is -0.550. The summed E-state index contributed by atoms with van der Waals surface area (Å²) < 4.78 is 14.5. The van der Waals surface area contributed by atoms with Gasteiger partial charge in [-0.1, -0.05) is 35.9 Å². The second kappa shape index (κ2) is 7.14.